The molecule has 0 radical (unpaired) electrons. The van der Waals surface area contributed by atoms with Crippen molar-refractivity contribution in [1.29, 1.82) is 0 Å². The summed E-state index contributed by atoms with van der Waals surface area (Å²) in [7, 11) is 3.86. The van der Waals surface area contributed by atoms with Crippen LogP contribution in [0.2, 0.25) is 5.02 Å². The Kier molecular flexibility index (Phi) is 4.22. The molecule has 1 unspecified atom stereocenters. The summed E-state index contributed by atoms with van der Waals surface area (Å²) in [4.78, 5) is 10.5. The number of anilines is 2. The highest BCUT2D eigenvalue weighted by atomic mass is 35.5. The molecule has 2 aromatic rings. The van der Waals surface area contributed by atoms with Gasteiger partial charge in [0.15, 0.2) is 0 Å². The Morgan fingerprint density at radius 2 is 1.89 bits per heavy atom. The van der Waals surface area contributed by atoms with Crippen LogP contribution in [0.1, 0.15) is 18.5 Å². The third kappa shape index (κ3) is 3.15. The van der Waals surface area contributed by atoms with Crippen molar-refractivity contribution in [2.75, 3.05) is 24.3 Å². The average molecular weight is 277 g/mol. The van der Waals surface area contributed by atoms with Gasteiger partial charge < -0.3 is 10.2 Å². The summed E-state index contributed by atoms with van der Waals surface area (Å²) in [6.45, 7) is 2.13. The van der Waals surface area contributed by atoms with Gasteiger partial charge in [-0.2, -0.15) is 0 Å². The van der Waals surface area contributed by atoms with E-state index in [0.29, 0.717) is 0 Å². The summed E-state index contributed by atoms with van der Waals surface area (Å²) >= 11 is 5.91. The van der Waals surface area contributed by atoms with Crippen molar-refractivity contribution in [3.63, 3.8) is 0 Å². The highest BCUT2D eigenvalue weighted by molar-refractivity contribution is 6.30. The van der Waals surface area contributed by atoms with E-state index in [4.69, 9.17) is 11.6 Å². The van der Waals surface area contributed by atoms with Crippen molar-refractivity contribution in [1.82, 2.24) is 9.97 Å². The number of halogens is 1. The molecule has 0 aliphatic rings. The molecular weight excluding hydrogens is 260 g/mol. The number of benzene rings is 1. The summed E-state index contributed by atoms with van der Waals surface area (Å²) in [5, 5.41) is 3.76. The van der Waals surface area contributed by atoms with E-state index < -0.39 is 0 Å². The first-order chi connectivity index (χ1) is 9.11. The van der Waals surface area contributed by atoms with Gasteiger partial charge in [0.05, 0.1) is 6.04 Å². The molecule has 0 amide bonds. The zero-order valence-corrected chi connectivity index (χ0v) is 12.0. The molecule has 100 valence electrons. The van der Waals surface area contributed by atoms with E-state index in [9.17, 15) is 0 Å². The topological polar surface area (TPSA) is 41.0 Å². The normalized spacial score (nSPS) is 12.0. The molecule has 1 aromatic carbocycles. The number of hydrogen-bond acceptors (Lipinski definition) is 4. The van der Waals surface area contributed by atoms with Gasteiger partial charge >= 0.3 is 0 Å². The van der Waals surface area contributed by atoms with E-state index in [1.807, 2.05) is 44.4 Å². The molecule has 1 aromatic heterocycles. The molecule has 2 rings (SSSR count). The zero-order chi connectivity index (χ0) is 13.8. The van der Waals surface area contributed by atoms with E-state index in [0.717, 1.165) is 16.7 Å². The van der Waals surface area contributed by atoms with E-state index >= 15 is 0 Å². The molecular formula is C14H17ClN4. The van der Waals surface area contributed by atoms with Gasteiger partial charge in [-0.25, -0.2) is 9.97 Å². The van der Waals surface area contributed by atoms with Gasteiger partial charge in [0.2, 0.25) is 0 Å². The Morgan fingerprint density at radius 1 is 1.21 bits per heavy atom. The molecule has 0 saturated carbocycles. The highest BCUT2D eigenvalue weighted by Crippen LogP contribution is 2.25. The molecule has 0 bridgehead atoms. The summed E-state index contributed by atoms with van der Waals surface area (Å²) in [5.41, 5.74) is 1.19. The molecule has 1 N–H and O–H groups in total. The second-order valence-corrected chi connectivity index (χ2v) is 4.79. The fraction of sp³-hybridized carbons (Fsp3) is 0.286. The predicted octanol–water partition coefficient (Wildman–Crippen LogP) is 3.37. The molecule has 19 heavy (non-hydrogen) atoms. The molecule has 4 nitrogen and oxygen atoms in total. The van der Waals surface area contributed by atoms with Gasteiger partial charge in [-0.15, -0.1) is 0 Å². The van der Waals surface area contributed by atoms with Crippen LogP contribution in [0.5, 0.6) is 0 Å². The van der Waals surface area contributed by atoms with E-state index in [-0.39, 0.29) is 6.04 Å². The van der Waals surface area contributed by atoms with Crippen LogP contribution in [0.4, 0.5) is 11.6 Å². The van der Waals surface area contributed by atoms with E-state index in [1.54, 1.807) is 6.33 Å². The average Bonchev–Trinajstić information content (AvgIpc) is 2.46. The number of rotatable bonds is 4. The van der Waals surface area contributed by atoms with Crippen molar-refractivity contribution >= 4 is 23.2 Å². The molecule has 0 aliphatic heterocycles. The summed E-state index contributed by atoms with van der Waals surface area (Å²) < 4.78 is 0. The maximum absolute atomic E-state index is 5.91. The first kappa shape index (κ1) is 13.6. The van der Waals surface area contributed by atoms with Crippen molar-refractivity contribution < 1.29 is 0 Å². The molecule has 5 heteroatoms. The van der Waals surface area contributed by atoms with Gasteiger partial charge in [0.1, 0.15) is 18.0 Å². The maximum atomic E-state index is 5.91. The Morgan fingerprint density at radius 3 is 2.53 bits per heavy atom. The van der Waals surface area contributed by atoms with Crippen molar-refractivity contribution in [3.8, 4) is 0 Å². The lowest BCUT2D eigenvalue weighted by Crippen LogP contribution is -2.22. The lowest BCUT2D eigenvalue weighted by Gasteiger charge is -2.26. The molecule has 0 aliphatic carbocycles. The molecule has 0 fully saturated rings. The third-order valence-electron chi connectivity index (χ3n) is 3.20. The second-order valence-electron chi connectivity index (χ2n) is 4.35. The minimum absolute atomic E-state index is 0.205. The van der Waals surface area contributed by atoms with Crippen LogP contribution < -0.4 is 10.2 Å². The van der Waals surface area contributed by atoms with Crippen LogP contribution in [0.25, 0.3) is 0 Å². The first-order valence-electron chi connectivity index (χ1n) is 6.10. The molecule has 0 saturated heterocycles. The number of hydrogen-bond donors (Lipinski definition) is 1. The number of aromatic nitrogens is 2. The SMILES string of the molecule is CNc1cc(N(C)C(C)c2ccc(Cl)cc2)ncn1. The minimum Gasteiger partial charge on any atom is -0.373 e. The summed E-state index contributed by atoms with van der Waals surface area (Å²) in [6.07, 6.45) is 1.56. The van der Waals surface area contributed by atoms with Gasteiger partial charge in [0, 0.05) is 25.2 Å². The fourth-order valence-electron chi connectivity index (χ4n) is 1.84. The number of nitrogens with one attached hydrogen (secondary N) is 1. The standard InChI is InChI=1S/C14H17ClN4/c1-10(11-4-6-12(15)7-5-11)19(3)14-8-13(16-2)17-9-18-14/h4-10H,1-3H3,(H,16,17,18). The van der Waals surface area contributed by atoms with Gasteiger partial charge in [0.25, 0.3) is 0 Å². The first-order valence-corrected chi connectivity index (χ1v) is 6.47. The Hall–Kier alpha value is -1.81. The Balaban J connectivity index is 2.22. The summed E-state index contributed by atoms with van der Waals surface area (Å²) in [5.74, 6) is 1.68. The van der Waals surface area contributed by atoms with E-state index in [1.165, 1.54) is 5.56 Å². The van der Waals surface area contributed by atoms with Crippen molar-refractivity contribution in [2.45, 2.75) is 13.0 Å². The van der Waals surface area contributed by atoms with E-state index in [2.05, 4.69) is 27.1 Å². The van der Waals surface area contributed by atoms with Gasteiger partial charge in [-0.3, -0.25) is 0 Å². The van der Waals surface area contributed by atoms with Crippen molar-refractivity contribution in [2.24, 2.45) is 0 Å². The smallest absolute Gasteiger partial charge is 0.134 e. The van der Waals surface area contributed by atoms with Crippen LogP contribution >= 0.6 is 11.6 Å². The van der Waals surface area contributed by atoms with Crippen LogP contribution in [0, 0.1) is 0 Å². The quantitative estimate of drug-likeness (QED) is 0.930. The van der Waals surface area contributed by atoms with Crippen LogP contribution in [-0.4, -0.2) is 24.1 Å². The zero-order valence-electron chi connectivity index (χ0n) is 11.3. The number of nitrogens with zero attached hydrogens (tertiary/aromatic N) is 3. The molecule has 1 atom stereocenters. The lowest BCUT2D eigenvalue weighted by molar-refractivity contribution is 0.727. The Bertz CT molecular complexity index is 541. The van der Waals surface area contributed by atoms with Crippen LogP contribution in [0.3, 0.4) is 0 Å². The highest BCUT2D eigenvalue weighted by Gasteiger charge is 2.13. The fourth-order valence-corrected chi connectivity index (χ4v) is 1.97. The second kappa shape index (κ2) is 5.89. The minimum atomic E-state index is 0.205. The largest absolute Gasteiger partial charge is 0.373 e. The van der Waals surface area contributed by atoms with Crippen molar-refractivity contribution in [3.05, 3.63) is 47.2 Å². The molecule has 1 heterocycles. The monoisotopic (exact) mass is 276 g/mol. The summed E-state index contributed by atoms with van der Waals surface area (Å²) in [6, 6.07) is 10.00. The van der Waals surface area contributed by atoms with Crippen LogP contribution in [-0.2, 0) is 0 Å². The lowest BCUT2D eigenvalue weighted by atomic mass is 10.1. The third-order valence-corrected chi connectivity index (χ3v) is 3.46. The maximum Gasteiger partial charge on any atom is 0.134 e. The van der Waals surface area contributed by atoms with Crippen LogP contribution in [0.15, 0.2) is 36.7 Å². The van der Waals surface area contributed by atoms with Gasteiger partial charge in [-0.1, -0.05) is 23.7 Å². The predicted molar refractivity (Wildman–Crippen MR) is 79.8 cm³/mol. The Labute approximate surface area is 118 Å². The molecule has 0 spiro atoms. The van der Waals surface area contributed by atoms with Gasteiger partial charge in [-0.05, 0) is 24.6 Å².